The number of carbonyl (C=O) groups excluding carboxylic acids is 2. The fraction of sp³-hybridized carbons (Fsp3) is 0.500. The van der Waals surface area contributed by atoms with Crippen LogP contribution in [0.1, 0.15) is 37.7 Å². The van der Waals surface area contributed by atoms with Gasteiger partial charge in [-0.15, -0.1) is 0 Å². The summed E-state index contributed by atoms with van der Waals surface area (Å²) in [7, 11) is 4.56. The fourth-order valence-electron chi connectivity index (χ4n) is 3.06. The molecule has 2 rings (SSSR count). The van der Waals surface area contributed by atoms with Gasteiger partial charge in [-0.1, -0.05) is 19.3 Å². The molecule has 7 heteroatoms. The van der Waals surface area contributed by atoms with Crippen molar-refractivity contribution in [2.45, 2.75) is 38.1 Å². The zero-order valence-corrected chi connectivity index (χ0v) is 16.1. The van der Waals surface area contributed by atoms with Gasteiger partial charge in [-0.2, -0.15) is 0 Å². The minimum absolute atomic E-state index is 0.194. The van der Waals surface area contributed by atoms with Crippen LogP contribution in [-0.2, 0) is 14.3 Å². The molecule has 0 saturated heterocycles. The number of hydrogen-bond acceptors (Lipinski definition) is 6. The Hall–Kier alpha value is -2.70. The lowest BCUT2D eigenvalue weighted by Gasteiger charge is -2.22. The highest BCUT2D eigenvalue weighted by Gasteiger charge is 2.16. The second kappa shape index (κ2) is 10.4. The molecule has 0 unspecified atom stereocenters. The molecular formula is C20H27NO6. The maximum absolute atomic E-state index is 11.9. The van der Waals surface area contributed by atoms with Gasteiger partial charge in [0.1, 0.15) is 0 Å². The van der Waals surface area contributed by atoms with E-state index in [0.717, 1.165) is 25.7 Å². The first-order valence-corrected chi connectivity index (χ1v) is 9.01. The Morgan fingerprint density at radius 3 is 2.22 bits per heavy atom. The van der Waals surface area contributed by atoms with Crippen molar-refractivity contribution in [3.8, 4) is 17.2 Å². The lowest BCUT2D eigenvalue weighted by Crippen LogP contribution is -2.38. The highest BCUT2D eigenvalue weighted by molar-refractivity contribution is 5.89. The summed E-state index contributed by atoms with van der Waals surface area (Å²) in [6.45, 7) is -0.283. The van der Waals surface area contributed by atoms with Gasteiger partial charge in [-0.05, 0) is 36.6 Å². The van der Waals surface area contributed by atoms with E-state index < -0.39 is 5.97 Å². The lowest BCUT2D eigenvalue weighted by molar-refractivity contribution is -0.144. The number of hydrogen-bond donors (Lipinski definition) is 1. The first-order chi connectivity index (χ1) is 13.1. The minimum atomic E-state index is -0.595. The van der Waals surface area contributed by atoms with Gasteiger partial charge in [0.2, 0.25) is 5.75 Å². The lowest BCUT2D eigenvalue weighted by atomic mass is 9.95. The SMILES string of the molecule is COc1cc(/C=C/C(=O)OCC(=O)NC2CCCCC2)cc(OC)c1OC. The van der Waals surface area contributed by atoms with Crippen LogP contribution in [0, 0.1) is 0 Å². The summed E-state index contributed by atoms with van der Waals surface area (Å²) in [5, 5.41) is 2.90. The third-order valence-corrected chi connectivity index (χ3v) is 4.41. The number of carbonyl (C=O) groups is 2. The third kappa shape index (κ3) is 6.20. The standard InChI is InChI=1S/C20H27NO6/c1-24-16-11-14(12-17(25-2)20(16)26-3)9-10-19(23)27-13-18(22)21-15-7-5-4-6-8-15/h9-12,15H,4-8,13H2,1-3H3,(H,21,22)/b10-9+. The number of nitrogens with one attached hydrogen (secondary N) is 1. The van der Waals surface area contributed by atoms with Crippen LogP contribution in [0.4, 0.5) is 0 Å². The quantitative estimate of drug-likeness (QED) is 0.554. The predicted molar refractivity (Wildman–Crippen MR) is 101 cm³/mol. The summed E-state index contributed by atoms with van der Waals surface area (Å²) in [5.41, 5.74) is 0.674. The van der Waals surface area contributed by atoms with Gasteiger partial charge in [0.15, 0.2) is 18.1 Å². The maximum Gasteiger partial charge on any atom is 0.331 e. The molecule has 7 nitrogen and oxygen atoms in total. The Morgan fingerprint density at radius 1 is 1.04 bits per heavy atom. The smallest absolute Gasteiger partial charge is 0.331 e. The average Bonchev–Trinajstić information content (AvgIpc) is 2.70. The summed E-state index contributed by atoms with van der Waals surface area (Å²) in [6, 6.07) is 3.61. The van der Waals surface area contributed by atoms with E-state index in [1.165, 1.54) is 33.8 Å². The molecule has 1 saturated carbocycles. The van der Waals surface area contributed by atoms with Crippen molar-refractivity contribution in [1.82, 2.24) is 5.32 Å². The molecule has 1 fully saturated rings. The van der Waals surface area contributed by atoms with Crippen LogP contribution in [0.25, 0.3) is 6.08 Å². The molecule has 1 aliphatic rings. The Balaban J connectivity index is 1.89. The van der Waals surface area contributed by atoms with Crippen LogP contribution in [0.5, 0.6) is 17.2 Å². The van der Waals surface area contributed by atoms with Crippen molar-refractivity contribution < 1.29 is 28.5 Å². The minimum Gasteiger partial charge on any atom is -0.493 e. The average molecular weight is 377 g/mol. The van der Waals surface area contributed by atoms with Gasteiger partial charge in [-0.25, -0.2) is 4.79 Å². The van der Waals surface area contributed by atoms with E-state index in [4.69, 9.17) is 18.9 Å². The Labute approximate surface area is 159 Å². The molecule has 0 radical (unpaired) electrons. The monoisotopic (exact) mass is 377 g/mol. The summed E-state index contributed by atoms with van der Waals surface area (Å²) >= 11 is 0. The second-order valence-corrected chi connectivity index (χ2v) is 6.30. The van der Waals surface area contributed by atoms with E-state index in [2.05, 4.69) is 5.32 Å². The number of amides is 1. The predicted octanol–water partition coefficient (Wildman–Crippen LogP) is 2.72. The molecule has 0 bridgehead atoms. The van der Waals surface area contributed by atoms with Gasteiger partial charge in [0, 0.05) is 12.1 Å². The van der Waals surface area contributed by atoms with Crippen molar-refractivity contribution >= 4 is 18.0 Å². The molecule has 0 atom stereocenters. The van der Waals surface area contributed by atoms with Gasteiger partial charge >= 0.3 is 5.97 Å². The van der Waals surface area contributed by atoms with Crippen LogP contribution in [0.3, 0.4) is 0 Å². The third-order valence-electron chi connectivity index (χ3n) is 4.41. The highest BCUT2D eigenvalue weighted by atomic mass is 16.5. The topological polar surface area (TPSA) is 83.1 Å². The van der Waals surface area contributed by atoms with E-state index in [1.807, 2.05) is 0 Å². The van der Waals surface area contributed by atoms with E-state index in [9.17, 15) is 9.59 Å². The van der Waals surface area contributed by atoms with Crippen LogP contribution in [0.15, 0.2) is 18.2 Å². The molecule has 1 aliphatic carbocycles. The van der Waals surface area contributed by atoms with E-state index in [0.29, 0.717) is 22.8 Å². The number of benzene rings is 1. The van der Waals surface area contributed by atoms with Crippen molar-refractivity contribution in [2.75, 3.05) is 27.9 Å². The Bertz CT molecular complexity index is 654. The van der Waals surface area contributed by atoms with Crippen molar-refractivity contribution in [2.24, 2.45) is 0 Å². The van der Waals surface area contributed by atoms with Crippen LogP contribution < -0.4 is 19.5 Å². The molecule has 1 aromatic carbocycles. The Kier molecular flexibility index (Phi) is 7.98. The van der Waals surface area contributed by atoms with Gasteiger partial charge in [0.25, 0.3) is 5.91 Å². The van der Waals surface area contributed by atoms with Crippen molar-refractivity contribution in [1.29, 1.82) is 0 Å². The first kappa shape index (κ1) is 20.6. The largest absolute Gasteiger partial charge is 0.493 e. The Morgan fingerprint density at radius 2 is 1.67 bits per heavy atom. The number of esters is 1. The fourth-order valence-corrected chi connectivity index (χ4v) is 3.06. The zero-order valence-electron chi connectivity index (χ0n) is 16.1. The number of methoxy groups -OCH3 is 3. The molecule has 1 N–H and O–H groups in total. The van der Waals surface area contributed by atoms with Crippen molar-refractivity contribution in [3.05, 3.63) is 23.8 Å². The molecule has 27 heavy (non-hydrogen) atoms. The first-order valence-electron chi connectivity index (χ1n) is 9.01. The molecule has 0 aromatic heterocycles. The van der Waals surface area contributed by atoms with Crippen molar-refractivity contribution in [3.63, 3.8) is 0 Å². The maximum atomic E-state index is 11.9. The zero-order chi connectivity index (χ0) is 19.6. The summed E-state index contributed by atoms with van der Waals surface area (Å²) in [4.78, 5) is 23.7. The number of rotatable bonds is 8. The van der Waals surface area contributed by atoms with Gasteiger partial charge < -0.3 is 24.3 Å². The van der Waals surface area contributed by atoms with Crippen LogP contribution in [-0.4, -0.2) is 45.9 Å². The summed E-state index contributed by atoms with van der Waals surface area (Å²) in [5.74, 6) is 0.576. The van der Waals surface area contributed by atoms with Gasteiger partial charge in [-0.3, -0.25) is 4.79 Å². The molecule has 1 amide bonds. The normalized spacial score (nSPS) is 14.6. The second-order valence-electron chi connectivity index (χ2n) is 6.30. The molecule has 148 valence electrons. The molecular weight excluding hydrogens is 350 g/mol. The van der Waals surface area contributed by atoms with E-state index in [1.54, 1.807) is 18.2 Å². The molecule has 0 aliphatic heterocycles. The van der Waals surface area contributed by atoms with E-state index >= 15 is 0 Å². The van der Waals surface area contributed by atoms with E-state index in [-0.39, 0.29) is 18.6 Å². The summed E-state index contributed by atoms with van der Waals surface area (Å²) < 4.78 is 20.8. The van der Waals surface area contributed by atoms with Crippen LogP contribution in [0.2, 0.25) is 0 Å². The highest BCUT2D eigenvalue weighted by Crippen LogP contribution is 2.38. The van der Waals surface area contributed by atoms with Crippen LogP contribution >= 0.6 is 0 Å². The number of ether oxygens (including phenoxy) is 4. The molecule has 1 aromatic rings. The summed E-state index contributed by atoms with van der Waals surface area (Å²) in [6.07, 6.45) is 8.26. The molecule has 0 spiro atoms. The molecule has 0 heterocycles. The van der Waals surface area contributed by atoms with Gasteiger partial charge in [0.05, 0.1) is 21.3 Å².